The molecule has 0 aliphatic carbocycles. The Morgan fingerprint density at radius 2 is 2.19 bits per heavy atom. The van der Waals surface area contributed by atoms with Crippen molar-refractivity contribution in [1.29, 1.82) is 0 Å². The molecule has 0 bridgehead atoms. The molecule has 3 rings (SSSR count). The van der Waals surface area contributed by atoms with Crippen molar-refractivity contribution in [2.45, 2.75) is 49.0 Å². The van der Waals surface area contributed by atoms with Crippen LogP contribution in [0, 0.1) is 0 Å². The number of anilines is 1. The third-order valence-electron chi connectivity index (χ3n) is 3.96. The van der Waals surface area contributed by atoms with Gasteiger partial charge in [0.25, 0.3) is 0 Å². The van der Waals surface area contributed by atoms with Gasteiger partial charge < -0.3 is 14.7 Å². The van der Waals surface area contributed by atoms with Crippen LogP contribution in [0.1, 0.15) is 26.5 Å². The Kier molecular flexibility index (Phi) is 4.07. The molecule has 2 atom stereocenters. The fourth-order valence-corrected chi connectivity index (χ4v) is 4.23. The molecule has 0 radical (unpaired) electrons. The molecule has 2 aliphatic heterocycles. The summed E-state index contributed by atoms with van der Waals surface area (Å²) in [5.74, 6) is 0.887. The number of morpholine rings is 1. The molecule has 0 amide bonds. The predicted octanol–water partition coefficient (Wildman–Crippen LogP) is 2.14. The number of rotatable bonds is 2. The molecule has 0 spiro atoms. The Morgan fingerprint density at radius 3 is 2.86 bits per heavy atom. The summed E-state index contributed by atoms with van der Waals surface area (Å²) >= 11 is 7.76. The van der Waals surface area contributed by atoms with Gasteiger partial charge in [0, 0.05) is 18.2 Å². The van der Waals surface area contributed by atoms with Gasteiger partial charge in [-0.1, -0.05) is 0 Å². The van der Waals surface area contributed by atoms with Gasteiger partial charge >= 0.3 is 0 Å². The van der Waals surface area contributed by atoms with Crippen LogP contribution in [0.4, 0.5) is 5.82 Å². The maximum Gasteiger partial charge on any atom is 0.224 e. The number of thioether (sulfide) groups is 1. The van der Waals surface area contributed by atoms with Crippen LogP contribution in [-0.2, 0) is 11.2 Å². The van der Waals surface area contributed by atoms with Gasteiger partial charge in [0.15, 0.2) is 0 Å². The number of ether oxygens (including phenoxy) is 1. The number of fused-ring (bicyclic) bond motifs is 1. The quantitative estimate of drug-likeness (QED) is 0.839. The first-order valence-electron chi connectivity index (χ1n) is 7.16. The van der Waals surface area contributed by atoms with E-state index in [1.807, 2.05) is 13.8 Å². The van der Waals surface area contributed by atoms with Gasteiger partial charge in [-0.3, -0.25) is 0 Å². The number of halogens is 1. The lowest BCUT2D eigenvalue weighted by Gasteiger charge is -2.35. The predicted molar refractivity (Wildman–Crippen MR) is 84.3 cm³/mol. The third-order valence-corrected chi connectivity index (χ3v) is 5.81. The van der Waals surface area contributed by atoms with Gasteiger partial charge in [0.2, 0.25) is 5.28 Å². The second kappa shape index (κ2) is 5.57. The molecule has 7 heteroatoms. The lowest BCUT2D eigenvalue weighted by atomic mass is 10.0. The molecule has 1 fully saturated rings. The van der Waals surface area contributed by atoms with Crippen LogP contribution in [0.3, 0.4) is 0 Å². The molecule has 21 heavy (non-hydrogen) atoms. The highest BCUT2D eigenvalue weighted by Gasteiger charge is 2.38. The van der Waals surface area contributed by atoms with E-state index in [1.165, 1.54) is 0 Å². The highest BCUT2D eigenvalue weighted by Crippen LogP contribution is 2.46. The van der Waals surface area contributed by atoms with Gasteiger partial charge in [-0.2, -0.15) is 4.98 Å². The Morgan fingerprint density at radius 1 is 1.43 bits per heavy atom. The summed E-state index contributed by atoms with van der Waals surface area (Å²) in [6.07, 6.45) is 0.720. The minimum atomic E-state index is -0.758. The van der Waals surface area contributed by atoms with E-state index in [0.29, 0.717) is 13.2 Å². The molecule has 0 aromatic carbocycles. The first-order valence-corrected chi connectivity index (χ1v) is 8.42. The normalized spacial score (nSPS) is 26.0. The van der Waals surface area contributed by atoms with Gasteiger partial charge in [0.05, 0.1) is 35.4 Å². The van der Waals surface area contributed by atoms with E-state index in [1.54, 1.807) is 11.8 Å². The molecule has 5 nitrogen and oxygen atoms in total. The van der Waals surface area contributed by atoms with Gasteiger partial charge in [-0.15, -0.1) is 11.8 Å². The molecule has 2 unspecified atom stereocenters. The smallest absolute Gasteiger partial charge is 0.224 e. The first kappa shape index (κ1) is 15.3. The van der Waals surface area contributed by atoms with E-state index in [4.69, 9.17) is 16.3 Å². The third kappa shape index (κ3) is 2.99. The zero-order valence-corrected chi connectivity index (χ0v) is 14.0. The van der Waals surface area contributed by atoms with Crippen LogP contribution in [0.25, 0.3) is 0 Å². The van der Waals surface area contributed by atoms with Crippen molar-refractivity contribution in [2.75, 3.05) is 24.7 Å². The van der Waals surface area contributed by atoms with Gasteiger partial charge in [-0.05, 0) is 32.4 Å². The summed E-state index contributed by atoms with van der Waals surface area (Å²) in [4.78, 5) is 12.1. The molecular formula is C14H20ClN3O2S. The minimum Gasteiger partial charge on any atom is -0.389 e. The van der Waals surface area contributed by atoms with Crippen molar-refractivity contribution in [3.63, 3.8) is 0 Å². The van der Waals surface area contributed by atoms with E-state index < -0.39 is 5.60 Å². The summed E-state index contributed by atoms with van der Waals surface area (Å²) in [7, 11) is 0. The summed E-state index contributed by atoms with van der Waals surface area (Å²) in [6, 6.07) is 0.260. The van der Waals surface area contributed by atoms with Crippen LogP contribution >= 0.6 is 23.4 Å². The highest BCUT2D eigenvalue weighted by atomic mass is 35.5. The largest absolute Gasteiger partial charge is 0.389 e. The summed E-state index contributed by atoms with van der Waals surface area (Å²) < 4.78 is 5.49. The standard InChI is InChI=1S/C14H20ClN3O2S/c1-8-7-20-5-4-18(8)12-11-9(16-13(15)17-12)6-10(21-11)14(2,3)19/h8,10,19H,4-7H2,1-3H3. The van der Waals surface area contributed by atoms with Crippen LogP contribution in [-0.4, -0.2) is 51.7 Å². The van der Waals surface area contributed by atoms with Crippen LogP contribution in [0.15, 0.2) is 4.90 Å². The topological polar surface area (TPSA) is 58.5 Å². The summed E-state index contributed by atoms with van der Waals surface area (Å²) in [5, 5.41) is 10.6. The van der Waals surface area contributed by atoms with Crippen molar-refractivity contribution in [3.05, 3.63) is 11.0 Å². The van der Waals surface area contributed by atoms with Gasteiger partial charge in [0.1, 0.15) is 5.82 Å². The van der Waals surface area contributed by atoms with E-state index in [0.717, 1.165) is 29.4 Å². The zero-order chi connectivity index (χ0) is 15.2. The average Bonchev–Trinajstić information content (AvgIpc) is 2.82. The fourth-order valence-electron chi connectivity index (χ4n) is 2.70. The molecule has 1 aromatic rings. The molecule has 2 aliphatic rings. The average molecular weight is 330 g/mol. The van der Waals surface area contributed by atoms with E-state index in [2.05, 4.69) is 21.8 Å². The Bertz CT molecular complexity index is 550. The maximum absolute atomic E-state index is 10.3. The number of nitrogens with zero attached hydrogens (tertiary/aromatic N) is 3. The molecular weight excluding hydrogens is 310 g/mol. The Hall–Kier alpha value is -0.560. The summed E-state index contributed by atoms with van der Waals surface area (Å²) in [6.45, 7) is 7.98. The fraction of sp³-hybridized carbons (Fsp3) is 0.714. The summed E-state index contributed by atoms with van der Waals surface area (Å²) in [5.41, 5.74) is 0.187. The Balaban J connectivity index is 1.97. The Labute approximate surface area is 134 Å². The van der Waals surface area contributed by atoms with Crippen molar-refractivity contribution in [2.24, 2.45) is 0 Å². The lowest BCUT2D eigenvalue weighted by molar-refractivity contribution is 0.0784. The maximum atomic E-state index is 10.3. The molecule has 0 saturated carbocycles. The molecule has 3 heterocycles. The first-order chi connectivity index (χ1) is 9.86. The SMILES string of the molecule is CC1COCCN1c1nc(Cl)nc2c1SC(C(C)(C)O)C2. The minimum absolute atomic E-state index is 0.0790. The van der Waals surface area contributed by atoms with Crippen LogP contribution < -0.4 is 4.90 Å². The lowest BCUT2D eigenvalue weighted by Crippen LogP contribution is -2.44. The second-order valence-electron chi connectivity index (χ2n) is 6.17. The number of aromatic nitrogens is 2. The molecule has 1 saturated heterocycles. The number of hydrogen-bond donors (Lipinski definition) is 1. The molecule has 116 valence electrons. The van der Waals surface area contributed by atoms with Crippen LogP contribution in [0.2, 0.25) is 5.28 Å². The number of hydrogen-bond acceptors (Lipinski definition) is 6. The van der Waals surface area contributed by atoms with Gasteiger partial charge in [-0.25, -0.2) is 4.98 Å². The molecule has 1 N–H and O–H groups in total. The van der Waals surface area contributed by atoms with E-state index >= 15 is 0 Å². The van der Waals surface area contributed by atoms with Crippen molar-refractivity contribution >= 4 is 29.2 Å². The van der Waals surface area contributed by atoms with E-state index in [-0.39, 0.29) is 16.6 Å². The van der Waals surface area contributed by atoms with Crippen molar-refractivity contribution in [3.8, 4) is 0 Å². The zero-order valence-electron chi connectivity index (χ0n) is 12.5. The second-order valence-corrected chi connectivity index (χ2v) is 7.72. The van der Waals surface area contributed by atoms with Crippen molar-refractivity contribution in [1.82, 2.24) is 9.97 Å². The number of aliphatic hydroxyl groups is 1. The highest BCUT2D eigenvalue weighted by molar-refractivity contribution is 8.00. The van der Waals surface area contributed by atoms with Crippen LogP contribution in [0.5, 0.6) is 0 Å². The monoisotopic (exact) mass is 329 g/mol. The van der Waals surface area contributed by atoms with E-state index in [9.17, 15) is 5.11 Å². The van der Waals surface area contributed by atoms with Crippen molar-refractivity contribution < 1.29 is 9.84 Å². The molecule has 1 aromatic heterocycles.